The number of aliphatic carboxylic acids is 1. The van der Waals surface area contributed by atoms with Crippen molar-refractivity contribution in [3.63, 3.8) is 0 Å². The molecule has 0 aliphatic carbocycles. The summed E-state index contributed by atoms with van der Waals surface area (Å²) < 4.78 is 0. The van der Waals surface area contributed by atoms with Crippen molar-refractivity contribution in [3.05, 3.63) is 12.2 Å². The van der Waals surface area contributed by atoms with Crippen LogP contribution < -0.4 is 0 Å². The van der Waals surface area contributed by atoms with Gasteiger partial charge in [-0.15, -0.1) is 0 Å². The molecule has 2 heteroatoms. The summed E-state index contributed by atoms with van der Waals surface area (Å²) >= 11 is 0. The quantitative estimate of drug-likeness (QED) is 0.387. The molecule has 1 N–H and O–H groups in total. The van der Waals surface area contributed by atoms with E-state index in [0.29, 0.717) is 6.42 Å². The largest absolute Gasteiger partial charge is 0.481 e. The summed E-state index contributed by atoms with van der Waals surface area (Å²) in [5, 5.41) is 8.50. The van der Waals surface area contributed by atoms with Gasteiger partial charge in [-0.25, -0.2) is 0 Å². The van der Waals surface area contributed by atoms with Crippen molar-refractivity contribution in [1.82, 2.24) is 0 Å². The van der Waals surface area contributed by atoms with Gasteiger partial charge in [-0.3, -0.25) is 4.79 Å². The Kier molecular flexibility index (Phi) is 14.9. The molecular formula is C18H30O2. The fraction of sp³-hybridized carbons (Fsp3) is 0.722. The number of hydrogen-bond donors (Lipinski definition) is 1. The average molecular weight is 278 g/mol. The smallest absolute Gasteiger partial charge is 0.303 e. The molecule has 0 saturated carbocycles. The molecule has 0 heterocycles. The Morgan fingerprint density at radius 3 is 2.45 bits per heavy atom. The van der Waals surface area contributed by atoms with Gasteiger partial charge in [-0.05, 0) is 31.8 Å². The second-order valence-corrected chi connectivity index (χ2v) is 5.23. The topological polar surface area (TPSA) is 37.3 Å². The fourth-order valence-electron chi connectivity index (χ4n) is 1.98. The van der Waals surface area contributed by atoms with Gasteiger partial charge in [0.25, 0.3) is 0 Å². The zero-order valence-corrected chi connectivity index (χ0v) is 13.0. The van der Waals surface area contributed by atoms with Crippen molar-refractivity contribution in [2.45, 2.75) is 84.0 Å². The molecule has 0 spiro atoms. The average Bonchev–Trinajstić information content (AvgIpc) is 2.43. The lowest BCUT2D eigenvalue weighted by Crippen LogP contribution is -1.93. The second kappa shape index (κ2) is 15.8. The third-order valence-corrected chi connectivity index (χ3v) is 3.22. The zero-order valence-electron chi connectivity index (χ0n) is 13.0. The van der Waals surface area contributed by atoms with E-state index in [-0.39, 0.29) is 0 Å². The fourth-order valence-corrected chi connectivity index (χ4v) is 1.98. The minimum atomic E-state index is -0.679. The first-order valence-electron chi connectivity index (χ1n) is 8.12. The van der Waals surface area contributed by atoms with E-state index in [1.807, 2.05) is 6.08 Å². The van der Waals surface area contributed by atoms with E-state index in [2.05, 4.69) is 24.8 Å². The third-order valence-electron chi connectivity index (χ3n) is 3.22. The first-order valence-corrected chi connectivity index (χ1v) is 8.12. The highest BCUT2D eigenvalue weighted by molar-refractivity contribution is 5.66. The van der Waals surface area contributed by atoms with Crippen LogP contribution in [0.1, 0.15) is 84.0 Å². The molecule has 0 fully saturated rings. The van der Waals surface area contributed by atoms with E-state index in [1.54, 1.807) is 0 Å². The standard InChI is InChI=1S/C18H30O2/c1-2-3-4-5-6-7-8-9-10-11-12-13-14-15-16-17-18(19)20/h9-10H,2-6,11-17H2,1H3,(H,19,20)/b10-9-. The number of carbonyl (C=O) groups is 1. The van der Waals surface area contributed by atoms with Gasteiger partial charge in [0.15, 0.2) is 0 Å². The van der Waals surface area contributed by atoms with Gasteiger partial charge in [0, 0.05) is 12.8 Å². The maximum atomic E-state index is 10.3. The number of rotatable bonds is 12. The van der Waals surface area contributed by atoms with Crippen LogP contribution in [0.4, 0.5) is 0 Å². The number of allylic oxidation sites excluding steroid dienone is 2. The molecule has 0 aliphatic rings. The first-order chi connectivity index (χ1) is 9.77. The Morgan fingerprint density at radius 1 is 1.00 bits per heavy atom. The lowest BCUT2D eigenvalue weighted by Gasteiger charge is -1.97. The molecule has 0 aromatic rings. The minimum Gasteiger partial charge on any atom is -0.481 e. The van der Waals surface area contributed by atoms with Crippen LogP contribution >= 0.6 is 0 Å². The molecule has 0 atom stereocenters. The molecule has 20 heavy (non-hydrogen) atoms. The molecule has 0 saturated heterocycles. The van der Waals surface area contributed by atoms with E-state index >= 15 is 0 Å². The van der Waals surface area contributed by atoms with Crippen LogP contribution in [-0.2, 0) is 4.79 Å². The van der Waals surface area contributed by atoms with Crippen LogP contribution in [0, 0.1) is 11.8 Å². The summed E-state index contributed by atoms with van der Waals surface area (Å²) in [6.07, 6.45) is 17.0. The SMILES string of the molecule is CCCCCCC#C/C=C\CCCCCCCC(=O)O. The van der Waals surface area contributed by atoms with E-state index in [9.17, 15) is 4.79 Å². The van der Waals surface area contributed by atoms with Gasteiger partial charge < -0.3 is 5.11 Å². The van der Waals surface area contributed by atoms with Crippen LogP contribution in [-0.4, -0.2) is 11.1 Å². The Labute approximate surface area is 124 Å². The maximum absolute atomic E-state index is 10.3. The molecule has 0 aromatic heterocycles. The van der Waals surface area contributed by atoms with Gasteiger partial charge in [0.2, 0.25) is 0 Å². The number of hydrogen-bond acceptors (Lipinski definition) is 1. The molecule has 0 rings (SSSR count). The van der Waals surface area contributed by atoms with Gasteiger partial charge in [-0.1, -0.05) is 63.4 Å². The van der Waals surface area contributed by atoms with Gasteiger partial charge in [0.05, 0.1) is 0 Å². The summed E-state index contributed by atoms with van der Waals surface area (Å²) in [6, 6.07) is 0. The predicted molar refractivity (Wildman–Crippen MR) is 85.6 cm³/mol. The number of unbranched alkanes of at least 4 members (excludes halogenated alkanes) is 9. The van der Waals surface area contributed by atoms with E-state index in [0.717, 1.165) is 32.1 Å². The summed E-state index contributed by atoms with van der Waals surface area (Å²) in [6.45, 7) is 2.22. The normalized spacial score (nSPS) is 10.4. The van der Waals surface area contributed by atoms with Crippen molar-refractivity contribution >= 4 is 5.97 Å². The van der Waals surface area contributed by atoms with Gasteiger partial charge >= 0.3 is 5.97 Å². The molecule has 2 nitrogen and oxygen atoms in total. The summed E-state index contributed by atoms with van der Waals surface area (Å²) in [5.74, 6) is 5.59. The minimum absolute atomic E-state index is 0.313. The van der Waals surface area contributed by atoms with Crippen LogP contribution in [0.25, 0.3) is 0 Å². The van der Waals surface area contributed by atoms with Crippen LogP contribution in [0.2, 0.25) is 0 Å². The summed E-state index contributed by atoms with van der Waals surface area (Å²) in [4.78, 5) is 10.3. The predicted octanol–water partition coefficient (Wildman–Crippen LogP) is 5.33. The Morgan fingerprint density at radius 2 is 1.70 bits per heavy atom. The van der Waals surface area contributed by atoms with Crippen molar-refractivity contribution < 1.29 is 9.90 Å². The lowest BCUT2D eigenvalue weighted by molar-refractivity contribution is -0.137. The van der Waals surface area contributed by atoms with Crippen LogP contribution in [0.3, 0.4) is 0 Å². The monoisotopic (exact) mass is 278 g/mol. The molecule has 0 bridgehead atoms. The first kappa shape index (κ1) is 18.8. The Bertz CT molecular complexity index is 307. The van der Waals surface area contributed by atoms with E-state index < -0.39 is 5.97 Å². The highest BCUT2D eigenvalue weighted by atomic mass is 16.4. The van der Waals surface area contributed by atoms with E-state index in [1.165, 1.54) is 38.5 Å². The zero-order chi connectivity index (χ0) is 14.9. The number of carboxylic acids is 1. The highest BCUT2D eigenvalue weighted by Crippen LogP contribution is 2.07. The lowest BCUT2D eigenvalue weighted by atomic mass is 10.1. The van der Waals surface area contributed by atoms with Crippen molar-refractivity contribution in [2.24, 2.45) is 0 Å². The van der Waals surface area contributed by atoms with Gasteiger partial charge in [0.1, 0.15) is 0 Å². The summed E-state index contributed by atoms with van der Waals surface area (Å²) in [5.41, 5.74) is 0. The third kappa shape index (κ3) is 16.8. The van der Waals surface area contributed by atoms with Gasteiger partial charge in [-0.2, -0.15) is 0 Å². The van der Waals surface area contributed by atoms with Crippen molar-refractivity contribution in [1.29, 1.82) is 0 Å². The molecule has 0 amide bonds. The summed E-state index contributed by atoms with van der Waals surface area (Å²) in [7, 11) is 0. The molecule has 0 aliphatic heterocycles. The van der Waals surface area contributed by atoms with E-state index in [4.69, 9.17) is 5.11 Å². The molecule has 0 radical (unpaired) electrons. The molecular weight excluding hydrogens is 248 g/mol. The Balaban J connectivity index is 3.23. The second-order valence-electron chi connectivity index (χ2n) is 5.23. The van der Waals surface area contributed by atoms with Crippen LogP contribution in [0.15, 0.2) is 12.2 Å². The van der Waals surface area contributed by atoms with Crippen molar-refractivity contribution in [2.75, 3.05) is 0 Å². The number of carboxylic acid groups (broad SMARTS) is 1. The molecule has 114 valence electrons. The molecule has 0 unspecified atom stereocenters. The van der Waals surface area contributed by atoms with Crippen molar-refractivity contribution in [3.8, 4) is 11.8 Å². The highest BCUT2D eigenvalue weighted by Gasteiger charge is 1.95. The Hall–Kier alpha value is -1.23. The molecule has 0 aromatic carbocycles. The van der Waals surface area contributed by atoms with Crippen LogP contribution in [0.5, 0.6) is 0 Å². The maximum Gasteiger partial charge on any atom is 0.303 e.